The van der Waals surface area contributed by atoms with E-state index in [4.69, 9.17) is 9.84 Å². The fraction of sp³-hybridized carbons (Fsp3) is 0.667. The largest absolute Gasteiger partial charge is 0.394 e. The van der Waals surface area contributed by atoms with Crippen LogP contribution in [0, 0.1) is 6.92 Å². The summed E-state index contributed by atoms with van der Waals surface area (Å²) in [7, 11) is 1.94. The standard InChI is InChI=1S/C15H25N3O2/c1-12-9-13(10-16-2)11-17-15(12)18-5-3-14(4-6-18)20-8-7-19/h9,11,14,16,19H,3-8,10H2,1-2H3. The summed E-state index contributed by atoms with van der Waals surface area (Å²) in [5, 5.41) is 11.9. The second kappa shape index (κ2) is 7.57. The van der Waals surface area contributed by atoms with Crippen molar-refractivity contribution in [1.29, 1.82) is 0 Å². The number of nitrogens with one attached hydrogen (secondary N) is 1. The number of pyridine rings is 1. The minimum absolute atomic E-state index is 0.105. The number of hydrogen-bond donors (Lipinski definition) is 2. The molecular formula is C15H25N3O2. The number of aryl methyl sites for hydroxylation is 1. The van der Waals surface area contributed by atoms with Gasteiger partial charge in [-0.05, 0) is 44.0 Å². The molecule has 20 heavy (non-hydrogen) atoms. The molecule has 1 aromatic rings. The van der Waals surface area contributed by atoms with E-state index in [1.807, 2.05) is 13.2 Å². The van der Waals surface area contributed by atoms with Gasteiger partial charge in [0.2, 0.25) is 0 Å². The smallest absolute Gasteiger partial charge is 0.131 e. The maximum Gasteiger partial charge on any atom is 0.131 e. The Morgan fingerprint density at radius 2 is 2.20 bits per heavy atom. The van der Waals surface area contributed by atoms with Gasteiger partial charge >= 0.3 is 0 Å². The zero-order valence-corrected chi connectivity index (χ0v) is 12.4. The first-order valence-corrected chi connectivity index (χ1v) is 7.32. The van der Waals surface area contributed by atoms with Gasteiger partial charge in [-0.3, -0.25) is 0 Å². The molecule has 0 atom stereocenters. The van der Waals surface area contributed by atoms with Gasteiger partial charge in [-0.15, -0.1) is 0 Å². The number of aliphatic hydroxyl groups is 1. The van der Waals surface area contributed by atoms with Crippen LogP contribution in [0.1, 0.15) is 24.0 Å². The summed E-state index contributed by atoms with van der Waals surface area (Å²) in [6, 6.07) is 2.20. The zero-order valence-electron chi connectivity index (χ0n) is 12.4. The van der Waals surface area contributed by atoms with Gasteiger partial charge in [-0.25, -0.2) is 4.98 Å². The fourth-order valence-electron chi connectivity index (χ4n) is 2.71. The van der Waals surface area contributed by atoms with Crippen molar-refractivity contribution in [1.82, 2.24) is 10.3 Å². The van der Waals surface area contributed by atoms with E-state index in [9.17, 15) is 0 Å². The Hall–Kier alpha value is -1.17. The first kappa shape index (κ1) is 15.2. The van der Waals surface area contributed by atoms with Crippen LogP contribution in [-0.2, 0) is 11.3 Å². The lowest BCUT2D eigenvalue weighted by atomic mass is 10.1. The first-order chi connectivity index (χ1) is 9.74. The zero-order chi connectivity index (χ0) is 14.4. The van der Waals surface area contributed by atoms with Crippen LogP contribution in [0.15, 0.2) is 12.3 Å². The maximum atomic E-state index is 8.78. The van der Waals surface area contributed by atoms with E-state index in [1.165, 1.54) is 11.1 Å². The van der Waals surface area contributed by atoms with Crippen LogP contribution in [0.5, 0.6) is 0 Å². The fourth-order valence-corrected chi connectivity index (χ4v) is 2.71. The van der Waals surface area contributed by atoms with Crippen LogP contribution >= 0.6 is 0 Å². The summed E-state index contributed by atoms with van der Waals surface area (Å²) < 4.78 is 5.59. The van der Waals surface area contributed by atoms with Gasteiger partial charge in [0.05, 0.1) is 19.3 Å². The summed E-state index contributed by atoms with van der Waals surface area (Å²) in [6.07, 6.45) is 4.23. The van der Waals surface area contributed by atoms with Crippen molar-refractivity contribution in [2.45, 2.75) is 32.4 Å². The van der Waals surface area contributed by atoms with Gasteiger partial charge in [0.1, 0.15) is 5.82 Å². The lowest BCUT2D eigenvalue weighted by Crippen LogP contribution is -2.38. The number of piperidine rings is 1. The van der Waals surface area contributed by atoms with Crippen LogP contribution in [-0.4, -0.2) is 49.5 Å². The van der Waals surface area contributed by atoms with Gasteiger partial charge in [0.15, 0.2) is 0 Å². The number of aromatic nitrogens is 1. The van der Waals surface area contributed by atoms with Gasteiger partial charge in [-0.2, -0.15) is 0 Å². The van der Waals surface area contributed by atoms with Crippen LogP contribution < -0.4 is 10.2 Å². The van der Waals surface area contributed by atoms with Crippen molar-refractivity contribution in [3.63, 3.8) is 0 Å². The van der Waals surface area contributed by atoms with Gasteiger partial charge < -0.3 is 20.1 Å². The highest BCUT2D eigenvalue weighted by Crippen LogP contribution is 2.23. The molecule has 0 aliphatic carbocycles. The SMILES string of the molecule is CNCc1cnc(N2CCC(OCCO)CC2)c(C)c1. The summed E-state index contributed by atoms with van der Waals surface area (Å²) in [6.45, 7) is 5.46. The number of rotatable bonds is 6. The Morgan fingerprint density at radius 1 is 1.45 bits per heavy atom. The molecular weight excluding hydrogens is 254 g/mol. The molecule has 112 valence electrons. The Bertz CT molecular complexity index is 418. The Morgan fingerprint density at radius 3 is 2.80 bits per heavy atom. The van der Waals surface area contributed by atoms with E-state index in [0.29, 0.717) is 6.61 Å². The number of hydrogen-bond acceptors (Lipinski definition) is 5. The summed E-state index contributed by atoms with van der Waals surface area (Å²) in [5.74, 6) is 1.09. The van der Waals surface area contributed by atoms with E-state index in [-0.39, 0.29) is 12.7 Å². The second-order valence-electron chi connectivity index (χ2n) is 5.30. The quantitative estimate of drug-likeness (QED) is 0.816. The number of ether oxygens (including phenoxy) is 1. The van der Waals surface area contributed by atoms with Crippen LogP contribution in [0.2, 0.25) is 0 Å². The normalized spacial score (nSPS) is 16.6. The van der Waals surface area contributed by atoms with Gasteiger partial charge in [-0.1, -0.05) is 0 Å². The molecule has 0 unspecified atom stereocenters. The summed E-state index contributed by atoms with van der Waals surface area (Å²) in [4.78, 5) is 6.94. The summed E-state index contributed by atoms with van der Waals surface area (Å²) in [5.41, 5.74) is 2.45. The molecule has 1 aliphatic heterocycles. The third-order valence-corrected chi connectivity index (χ3v) is 3.67. The number of aliphatic hydroxyl groups excluding tert-OH is 1. The van der Waals surface area contributed by atoms with E-state index >= 15 is 0 Å². The second-order valence-corrected chi connectivity index (χ2v) is 5.30. The molecule has 1 aromatic heterocycles. The van der Waals surface area contributed by atoms with E-state index in [0.717, 1.165) is 38.3 Å². The Kier molecular flexibility index (Phi) is 5.76. The molecule has 5 nitrogen and oxygen atoms in total. The molecule has 1 saturated heterocycles. The average Bonchev–Trinajstić information content (AvgIpc) is 2.46. The number of nitrogens with zero attached hydrogens (tertiary/aromatic N) is 2. The topological polar surface area (TPSA) is 57.6 Å². The van der Waals surface area contributed by atoms with E-state index in [1.54, 1.807) is 0 Å². The molecule has 0 bridgehead atoms. The van der Waals surface area contributed by atoms with E-state index in [2.05, 4.69) is 28.2 Å². The Labute approximate surface area is 121 Å². The van der Waals surface area contributed by atoms with Crippen LogP contribution in [0.3, 0.4) is 0 Å². The molecule has 1 aliphatic rings. The lowest BCUT2D eigenvalue weighted by molar-refractivity contribution is 0.0158. The minimum Gasteiger partial charge on any atom is -0.394 e. The predicted molar refractivity (Wildman–Crippen MR) is 80.0 cm³/mol. The van der Waals surface area contributed by atoms with E-state index < -0.39 is 0 Å². The van der Waals surface area contributed by atoms with Crippen molar-refractivity contribution >= 4 is 5.82 Å². The van der Waals surface area contributed by atoms with Crippen LogP contribution in [0.4, 0.5) is 5.82 Å². The predicted octanol–water partition coefficient (Wildman–Crippen LogP) is 1.09. The molecule has 5 heteroatoms. The average molecular weight is 279 g/mol. The third kappa shape index (κ3) is 3.91. The molecule has 2 heterocycles. The molecule has 1 fully saturated rings. The highest BCUT2D eigenvalue weighted by molar-refractivity contribution is 5.47. The van der Waals surface area contributed by atoms with Gasteiger partial charge in [0, 0.05) is 25.8 Å². The molecule has 2 N–H and O–H groups in total. The molecule has 2 rings (SSSR count). The monoisotopic (exact) mass is 279 g/mol. The maximum absolute atomic E-state index is 8.78. The lowest BCUT2D eigenvalue weighted by Gasteiger charge is -2.33. The molecule has 0 aromatic carbocycles. The number of anilines is 1. The van der Waals surface area contributed by atoms with Crippen molar-refractivity contribution < 1.29 is 9.84 Å². The van der Waals surface area contributed by atoms with Crippen molar-refractivity contribution in [3.8, 4) is 0 Å². The highest BCUT2D eigenvalue weighted by Gasteiger charge is 2.21. The molecule has 0 saturated carbocycles. The first-order valence-electron chi connectivity index (χ1n) is 7.32. The molecule has 0 spiro atoms. The Balaban J connectivity index is 1.93. The highest BCUT2D eigenvalue weighted by atomic mass is 16.5. The minimum atomic E-state index is 0.105. The van der Waals surface area contributed by atoms with Crippen molar-refractivity contribution in [2.24, 2.45) is 0 Å². The van der Waals surface area contributed by atoms with Crippen molar-refractivity contribution in [3.05, 3.63) is 23.4 Å². The van der Waals surface area contributed by atoms with Crippen molar-refractivity contribution in [2.75, 3.05) is 38.3 Å². The van der Waals surface area contributed by atoms with Gasteiger partial charge in [0.25, 0.3) is 0 Å². The van der Waals surface area contributed by atoms with Crippen LogP contribution in [0.25, 0.3) is 0 Å². The molecule has 0 radical (unpaired) electrons. The molecule has 0 amide bonds. The third-order valence-electron chi connectivity index (χ3n) is 3.67. The summed E-state index contributed by atoms with van der Waals surface area (Å²) >= 11 is 0.